The summed E-state index contributed by atoms with van der Waals surface area (Å²) in [5.41, 5.74) is 3.23. The van der Waals surface area contributed by atoms with Crippen LogP contribution in [0.5, 0.6) is 0 Å². The molecule has 0 spiro atoms. The number of fused-ring (bicyclic) bond motifs is 1. The molecule has 148 valence electrons. The zero-order valence-corrected chi connectivity index (χ0v) is 16.4. The fourth-order valence-electron chi connectivity index (χ4n) is 2.95. The molecule has 8 heteroatoms. The highest BCUT2D eigenvalue weighted by atomic mass is 32.2. The summed E-state index contributed by atoms with van der Waals surface area (Å²) in [5.74, 6) is -1.11. The van der Waals surface area contributed by atoms with Crippen LogP contribution in [0.3, 0.4) is 0 Å². The van der Waals surface area contributed by atoms with Crippen LogP contribution in [0.2, 0.25) is 0 Å². The smallest absolute Gasteiger partial charge is 0.321 e. The molecule has 0 unspecified atom stereocenters. The maximum atomic E-state index is 12.3. The minimum atomic E-state index is -3.81. The third-order valence-corrected chi connectivity index (χ3v) is 5.99. The second-order valence-electron chi connectivity index (χ2n) is 6.63. The van der Waals surface area contributed by atoms with Gasteiger partial charge in [-0.3, -0.25) is 9.59 Å². The van der Waals surface area contributed by atoms with E-state index < -0.39 is 29.1 Å². The number of aryl methyl sites for hydroxylation is 1. The number of ether oxygens (including phenoxy) is 1. The van der Waals surface area contributed by atoms with Gasteiger partial charge >= 0.3 is 5.97 Å². The number of esters is 1. The first kappa shape index (κ1) is 20.0. The topological polar surface area (TPSA) is 92.8 Å². The average Bonchev–Trinajstić information content (AvgIpc) is 2.70. The molecule has 1 heterocycles. The van der Waals surface area contributed by atoms with Crippen LogP contribution < -0.4 is 4.72 Å². The Labute approximate surface area is 164 Å². The predicted molar refractivity (Wildman–Crippen MR) is 103 cm³/mol. The van der Waals surface area contributed by atoms with Crippen LogP contribution in [-0.4, -0.2) is 44.9 Å². The number of nitrogens with zero attached hydrogens (tertiary/aromatic N) is 1. The minimum absolute atomic E-state index is 0.0639. The molecule has 0 radical (unpaired) electrons. The van der Waals surface area contributed by atoms with Gasteiger partial charge in [0.1, 0.15) is 6.54 Å². The van der Waals surface area contributed by atoms with E-state index in [-0.39, 0.29) is 10.8 Å². The standard InChI is InChI=1S/C20H22N2O5S/c1-15-6-8-18(9-7-15)28(25,26)21-12-20(24)27-14-19(23)22-11-10-16-4-2-3-5-17(16)13-22/h2-9,21H,10-14H2,1H3. The number of carbonyl (C=O) groups is 2. The van der Waals surface area contributed by atoms with Crippen molar-refractivity contribution in [2.45, 2.75) is 24.8 Å². The Balaban J connectivity index is 1.47. The normalized spacial score (nSPS) is 13.7. The van der Waals surface area contributed by atoms with Gasteiger partial charge in [-0.05, 0) is 36.6 Å². The van der Waals surface area contributed by atoms with E-state index in [9.17, 15) is 18.0 Å². The van der Waals surface area contributed by atoms with E-state index in [0.717, 1.165) is 17.5 Å². The third kappa shape index (κ3) is 4.96. The zero-order chi connectivity index (χ0) is 20.1. The Bertz CT molecular complexity index is 970. The second-order valence-corrected chi connectivity index (χ2v) is 8.40. The van der Waals surface area contributed by atoms with Crippen LogP contribution in [0.25, 0.3) is 0 Å². The summed E-state index contributed by atoms with van der Waals surface area (Å²) in [6.07, 6.45) is 0.756. The largest absolute Gasteiger partial charge is 0.455 e. The molecule has 1 aliphatic heterocycles. The van der Waals surface area contributed by atoms with Gasteiger partial charge in [0, 0.05) is 13.1 Å². The Morgan fingerprint density at radius 1 is 1.07 bits per heavy atom. The molecular formula is C20H22N2O5S. The molecule has 2 aromatic carbocycles. The SMILES string of the molecule is Cc1ccc(S(=O)(=O)NCC(=O)OCC(=O)N2CCc3ccccc3C2)cc1. The highest BCUT2D eigenvalue weighted by Crippen LogP contribution is 2.18. The Morgan fingerprint density at radius 3 is 2.46 bits per heavy atom. The Morgan fingerprint density at radius 2 is 1.75 bits per heavy atom. The van der Waals surface area contributed by atoms with Crippen LogP contribution in [0.1, 0.15) is 16.7 Å². The summed E-state index contributed by atoms with van der Waals surface area (Å²) in [4.78, 5) is 25.8. The van der Waals surface area contributed by atoms with Crippen molar-refractivity contribution < 1.29 is 22.7 Å². The lowest BCUT2D eigenvalue weighted by molar-refractivity contribution is -0.151. The highest BCUT2D eigenvalue weighted by Gasteiger charge is 2.22. The van der Waals surface area contributed by atoms with Crippen molar-refractivity contribution in [2.24, 2.45) is 0 Å². The minimum Gasteiger partial charge on any atom is -0.455 e. The second kappa shape index (κ2) is 8.53. The first-order valence-electron chi connectivity index (χ1n) is 8.92. The van der Waals surface area contributed by atoms with Gasteiger partial charge in [0.2, 0.25) is 10.0 Å². The van der Waals surface area contributed by atoms with Crippen molar-refractivity contribution in [1.29, 1.82) is 0 Å². The van der Waals surface area contributed by atoms with Crippen molar-refractivity contribution in [3.8, 4) is 0 Å². The van der Waals surface area contributed by atoms with Gasteiger partial charge in [-0.1, -0.05) is 42.0 Å². The summed E-state index contributed by atoms with van der Waals surface area (Å²) in [7, 11) is -3.81. The van der Waals surface area contributed by atoms with E-state index in [1.165, 1.54) is 17.7 Å². The van der Waals surface area contributed by atoms with Gasteiger partial charge in [0.25, 0.3) is 5.91 Å². The maximum Gasteiger partial charge on any atom is 0.321 e. The van der Waals surface area contributed by atoms with Crippen molar-refractivity contribution in [1.82, 2.24) is 9.62 Å². The number of nitrogens with one attached hydrogen (secondary N) is 1. The number of sulfonamides is 1. The van der Waals surface area contributed by atoms with Gasteiger partial charge < -0.3 is 9.64 Å². The lowest BCUT2D eigenvalue weighted by atomic mass is 10.00. The highest BCUT2D eigenvalue weighted by molar-refractivity contribution is 7.89. The Kier molecular flexibility index (Phi) is 6.11. The van der Waals surface area contributed by atoms with Crippen LogP contribution in [-0.2, 0) is 37.3 Å². The summed E-state index contributed by atoms with van der Waals surface area (Å²) in [5, 5.41) is 0. The molecule has 1 N–H and O–H groups in total. The van der Waals surface area contributed by atoms with E-state index in [4.69, 9.17) is 4.74 Å². The molecule has 2 aromatic rings. The summed E-state index contributed by atoms with van der Waals surface area (Å²) in [6.45, 7) is 1.94. The van der Waals surface area contributed by atoms with Crippen LogP contribution >= 0.6 is 0 Å². The molecule has 0 fully saturated rings. The lowest BCUT2D eigenvalue weighted by Crippen LogP contribution is -2.39. The molecule has 0 bridgehead atoms. The van der Waals surface area contributed by atoms with Gasteiger partial charge in [0.05, 0.1) is 4.90 Å². The summed E-state index contributed by atoms with van der Waals surface area (Å²) >= 11 is 0. The van der Waals surface area contributed by atoms with Gasteiger partial charge in [-0.25, -0.2) is 8.42 Å². The van der Waals surface area contributed by atoms with Crippen molar-refractivity contribution in [2.75, 3.05) is 19.7 Å². The molecule has 3 rings (SSSR count). The first-order chi connectivity index (χ1) is 13.3. The van der Waals surface area contributed by atoms with Crippen LogP contribution in [0.4, 0.5) is 0 Å². The van der Waals surface area contributed by atoms with Crippen molar-refractivity contribution >= 4 is 21.9 Å². The maximum absolute atomic E-state index is 12.3. The molecule has 1 amide bonds. The molecule has 0 saturated carbocycles. The van der Waals surface area contributed by atoms with E-state index in [2.05, 4.69) is 4.72 Å². The zero-order valence-electron chi connectivity index (χ0n) is 15.6. The van der Waals surface area contributed by atoms with Gasteiger partial charge in [0.15, 0.2) is 6.61 Å². The molecular weight excluding hydrogens is 380 g/mol. The van der Waals surface area contributed by atoms with Crippen molar-refractivity contribution in [3.63, 3.8) is 0 Å². The monoisotopic (exact) mass is 402 g/mol. The molecule has 0 aliphatic carbocycles. The lowest BCUT2D eigenvalue weighted by Gasteiger charge is -2.28. The molecule has 0 aromatic heterocycles. The van der Waals surface area contributed by atoms with E-state index in [0.29, 0.717) is 13.1 Å². The van der Waals surface area contributed by atoms with E-state index in [1.807, 2.05) is 31.2 Å². The van der Waals surface area contributed by atoms with E-state index >= 15 is 0 Å². The first-order valence-corrected chi connectivity index (χ1v) is 10.4. The van der Waals surface area contributed by atoms with Crippen LogP contribution in [0, 0.1) is 6.92 Å². The number of amides is 1. The number of hydrogen-bond acceptors (Lipinski definition) is 5. The quantitative estimate of drug-likeness (QED) is 0.738. The fraction of sp³-hybridized carbons (Fsp3) is 0.300. The third-order valence-electron chi connectivity index (χ3n) is 4.58. The average molecular weight is 402 g/mol. The predicted octanol–water partition coefficient (Wildman–Crippen LogP) is 1.40. The van der Waals surface area contributed by atoms with Gasteiger partial charge in [-0.15, -0.1) is 0 Å². The molecule has 0 atom stereocenters. The number of hydrogen-bond donors (Lipinski definition) is 1. The van der Waals surface area contributed by atoms with Gasteiger partial charge in [-0.2, -0.15) is 4.72 Å². The number of carbonyl (C=O) groups excluding carboxylic acids is 2. The number of benzene rings is 2. The summed E-state index contributed by atoms with van der Waals surface area (Å²) in [6, 6.07) is 14.2. The Hall–Kier alpha value is -2.71. The fourth-order valence-corrected chi connectivity index (χ4v) is 3.92. The molecule has 7 nitrogen and oxygen atoms in total. The molecule has 0 saturated heterocycles. The van der Waals surface area contributed by atoms with E-state index in [1.54, 1.807) is 17.0 Å². The number of rotatable bonds is 6. The van der Waals surface area contributed by atoms with Crippen molar-refractivity contribution in [3.05, 3.63) is 65.2 Å². The summed E-state index contributed by atoms with van der Waals surface area (Å²) < 4.78 is 31.4. The molecule has 28 heavy (non-hydrogen) atoms. The van der Waals surface area contributed by atoms with Crippen LogP contribution in [0.15, 0.2) is 53.4 Å². The molecule has 1 aliphatic rings.